The predicted octanol–water partition coefficient (Wildman–Crippen LogP) is 3.00. The second-order valence-electron chi connectivity index (χ2n) is 5.61. The van der Waals surface area contributed by atoms with Crippen LogP contribution in [0.3, 0.4) is 0 Å². The molecule has 102 valence electrons. The third-order valence-electron chi connectivity index (χ3n) is 4.57. The number of fused-ring (bicyclic) bond motifs is 1. The highest BCUT2D eigenvalue weighted by Crippen LogP contribution is 2.43. The first-order chi connectivity index (χ1) is 9.27. The summed E-state index contributed by atoms with van der Waals surface area (Å²) in [5.74, 6) is 0.315. The van der Waals surface area contributed by atoms with Crippen LogP contribution < -0.4 is 0 Å². The van der Waals surface area contributed by atoms with Crippen LogP contribution in [0, 0.1) is 16.0 Å². The summed E-state index contributed by atoms with van der Waals surface area (Å²) in [6.07, 6.45) is 4.67. The fourth-order valence-corrected chi connectivity index (χ4v) is 3.69. The first kappa shape index (κ1) is 12.6. The van der Waals surface area contributed by atoms with Crippen molar-refractivity contribution in [1.29, 1.82) is 0 Å². The molecule has 1 saturated heterocycles. The van der Waals surface area contributed by atoms with Gasteiger partial charge >= 0.3 is 0 Å². The van der Waals surface area contributed by atoms with Crippen molar-refractivity contribution in [3.8, 4) is 0 Å². The Hall–Kier alpha value is -1.42. The van der Waals surface area contributed by atoms with Crippen LogP contribution >= 0.6 is 0 Å². The Kier molecular flexibility index (Phi) is 3.51. The quantitative estimate of drug-likeness (QED) is 0.607. The molecule has 0 radical (unpaired) electrons. The van der Waals surface area contributed by atoms with Gasteiger partial charge in [0.15, 0.2) is 0 Å². The monoisotopic (exact) mass is 261 g/mol. The number of rotatable bonds is 2. The van der Waals surface area contributed by atoms with E-state index in [2.05, 4.69) is 0 Å². The molecule has 1 heterocycles. The van der Waals surface area contributed by atoms with E-state index in [0.717, 1.165) is 24.8 Å². The van der Waals surface area contributed by atoms with Crippen LogP contribution in [0.2, 0.25) is 0 Å². The van der Waals surface area contributed by atoms with Crippen LogP contribution in [0.15, 0.2) is 30.3 Å². The Balaban J connectivity index is 1.94. The van der Waals surface area contributed by atoms with Crippen molar-refractivity contribution in [2.24, 2.45) is 5.92 Å². The lowest BCUT2D eigenvalue weighted by atomic mass is 9.70. The molecular weight excluding hydrogens is 242 g/mol. The number of ether oxygens (including phenoxy) is 1. The summed E-state index contributed by atoms with van der Waals surface area (Å²) in [6, 6.07) is 9.36. The molecule has 4 heteroatoms. The first-order valence-corrected chi connectivity index (χ1v) is 7.07. The van der Waals surface area contributed by atoms with E-state index in [1.165, 1.54) is 6.42 Å². The molecular formula is C15H19NO3. The van der Waals surface area contributed by atoms with Crippen LogP contribution in [-0.2, 0) is 4.74 Å². The summed E-state index contributed by atoms with van der Waals surface area (Å²) in [6.45, 7) is 0.258. The van der Waals surface area contributed by atoms with E-state index in [1.807, 2.05) is 30.3 Å². The van der Waals surface area contributed by atoms with E-state index in [-0.39, 0.29) is 23.6 Å². The van der Waals surface area contributed by atoms with E-state index in [1.54, 1.807) is 0 Å². The maximum absolute atomic E-state index is 11.3. The minimum atomic E-state index is -0.596. The zero-order valence-electron chi connectivity index (χ0n) is 10.9. The molecule has 1 aliphatic carbocycles. The summed E-state index contributed by atoms with van der Waals surface area (Å²) < 4.78 is 5.77. The van der Waals surface area contributed by atoms with Gasteiger partial charge in [-0.05, 0) is 24.3 Å². The highest BCUT2D eigenvalue weighted by atomic mass is 16.6. The summed E-state index contributed by atoms with van der Waals surface area (Å²) in [4.78, 5) is 11.2. The number of nitro groups is 1. The molecule has 1 aromatic carbocycles. The van der Waals surface area contributed by atoms with Crippen molar-refractivity contribution in [1.82, 2.24) is 0 Å². The second kappa shape index (κ2) is 5.29. The van der Waals surface area contributed by atoms with Crippen molar-refractivity contribution in [2.75, 3.05) is 6.61 Å². The zero-order chi connectivity index (χ0) is 13.2. The molecule has 2 aliphatic rings. The standard InChI is InChI=1S/C15H19NO3/c17-16(18)13-10-19-14-9-5-4-8-12(14)15(13)11-6-2-1-3-7-11/h1-3,6-7,12-15H,4-5,8-10H2/t12-,13+,14-,15+/m0/s1. The summed E-state index contributed by atoms with van der Waals surface area (Å²) in [7, 11) is 0. The van der Waals surface area contributed by atoms with Crippen molar-refractivity contribution < 1.29 is 9.66 Å². The van der Waals surface area contributed by atoms with E-state index in [4.69, 9.17) is 4.74 Å². The van der Waals surface area contributed by atoms with Crippen LogP contribution in [-0.4, -0.2) is 23.7 Å². The third kappa shape index (κ3) is 2.37. The van der Waals surface area contributed by atoms with Gasteiger partial charge in [-0.3, -0.25) is 10.1 Å². The Morgan fingerprint density at radius 2 is 1.89 bits per heavy atom. The average Bonchev–Trinajstić information content (AvgIpc) is 2.46. The fraction of sp³-hybridized carbons (Fsp3) is 0.600. The highest BCUT2D eigenvalue weighted by molar-refractivity contribution is 5.23. The molecule has 0 aromatic heterocycles. The maximum atomic E-state index is 11.3. The van der Waals surface area contributed by atoms with Gasteiger partial charge in [-0.15, -0.1) is 0 Å². The molecule has 0 unspecified atom stereocenters. The zero-order valence-corrected chi connectivity index (χ0v) is 10.9. The Bertz CT molecular complexity index is 448. The van der Waals surface area contributed by atoms with Crippen LogP contribution in [0.5, 0.6) is 0 Å². The van der Waals surface area contributed by atoms with Crippen LogP contribution in [0.25, 0.3) is 0 Å². The van der Waals surface area contributed by atoms with Gasteiger partial charge in [0, 0.05) is 4.92 Å². The average molecular weight is 261 g/mol. The smallest absolute Gasteiger partial charge is 0.243 e. The summed E-state index contributed by atoms with van der Waals surface area (Å²) in [5, 5.41) is 11.3. The number of nitrogens with zero attached hydrogens (tertiary/aromatic N) is 1. The lowest BCUT2D eigenvalue weighted by Gasteiger charge is -2.42. The summed E-state index contributed by atoms with van der Waals surface area (Å²) in [5.41, 5.74) is 1.10. The molecule has 0 spiro atoms. The van der Waals surface area contributed by atoms with Gasteiger partial charge in [-0.1, -0.05) is 43.2 Å². The molecule has 0 bridgehead atoms. The van der Waals surface area contributed by atoms with Gasteiger partial charge in [0.25, 0.3) is 0 Å². The number of hydrogen-bond donors (Lipinski definition) is 0. The van der Waals surface area contributed by atoms with Crippen molar-refractivity contribution >= 4 is 0 Å². The Labute approximate surface area is 112 Å². The van der Waals surface area contributed by atoms with Gasteiger partial charge in [-0.25, -0.2) is 0 Å². The van der Waals surface area contributed by atoms with E-state index >= 15 is 0 Å². The molecule has 0 amide bonds. The molecule has 1 aliphatic heterocycles. The minimum Gasteiger partial charge on any atom is -0.371 e. The molecule has 3 rings (SSSR count). The van der Waals surface area contributed by atoms with Crippen molar-refractivity contribution in [2.45, 2.75) is 43.7 Å². The van der Waals surface area contributed by atoms with Crippen molar-refractivity contribution in [3.05, 3.63) is 46.0 Å². The molecule has 19 heavy (non-hydrogen) atoms. The number of hydrogen-bond acceptors (Lipinski definition) is 3. The Morgan fingerprint density at radius 1 is 1.16 bits per heavy atom. The maximum Gasteiger partial charge on any atom is 0.243 e. The van der Waals surface area contributed by atoms with Crippen LogP contribution in [0.1, 0.15) is 37.2 Å². The second-order valence-corrected chi connectivity index (χ2v) is 5.61. The van der Waals surface area contributed by atoms with Crippen molar-refractivity contribution in [3.63, 3.8) is 0 Å². The molecule has 4 atom stereocenters. The Morgan fingerprint density at radius 3 is 2.63 bits per heavy atom. The van der Waals surface area contributed by atoms with E-state index < -0.39 is 6.04 Å². The first-order valence-electron chi connectivity index (χ1n) is 7.07. The topological polar surface area (TPSA) is 52.4 Å². The molecule has 1 aromatic rings. The largest absolute Gasteiger partial charge is 0.371 e. The van der Waals surface area contributed by atoms with Gasteiger partial charge in [0.2, 0.25) is 6.04 Å². The molecule has 0 N–H and O–H groups in total. The lowest BCUT2D eigenvalue weighted by molar-refractivity contribution is -0.539. The highest BCUT2D eigenvalue weighted by Gasteiger charge is 2.47. The molecule has 1 saturated carbocycles. The van der Waals surface area contributed by atoms with Gasteiger partial charge in [0.1, 0.15) is 6.61 Å². The fourth-order valence-electron chi connectivity index (χ4n) is 3.69. The summed E-state index contributed by atoms with van der Waals surface area (Å²) >= 11 is 0. The molecule has 2 fully saturated rings. The normalized spacial score (nSPS) is 34.5. The van der Waals surface area contributed by atoms with Gasteiger partial charge in [0.05, 0.1) is 12.0 Å². The van der Waals surface area contributed by atoms with Gasteiger partial charge in [-0.2, -0.15) is 0 Å². The van der Waals surface area contributed by atoms with Crippen LogP contribution in [0.4, 0.5) is 0 Å². The van der Waals surface area contributed by atoms with E-state index in [0.29, 0.717) is 5.92 Å². The predicted molar refractivity (Wildman–Crippen MR) is 71.7 cm³/mol. The molecule has 4 nitrogen and oxygen atoms in total. The lowest BCUT2D eigenvalue weighted by Crippen LogP contribution is -2.48. The SMILES string of the molecule is O=[N+]([O-])[C@@H]1CO[C@H]2CCCC[C@@H]2[C@H]1c1ccccc1. The van der Waals surface area contributed by atoms with E-state index in [9.17, 15) is 10.1 Å². The third-order valence-corrected chi connectivity index (χ3v) is 4.57. The number of benzene rings is 1. The minimum absolute atomic E-state index is 0.00949. The van der Waals surface area contributed by atoms with Gasteiger partial charge < -0.3 is 4.74 Å².